The van der Waals surface area contributed by atoms with Gasteiger partial charge in [-0.2, -0.15) is 0 Å². The maximum atomic E-state index is 8.62. The van der Waals surface area contributed by atoms with Gasteiger partial charge < -0.3 is 15.8 Å². The van der Waals surface area contributed by atoms with E-state index in [2.05, 4.69) is 42.1 Å². The summed E-state index contributed by atoms with van der Waals surface area (Å²) in [6.45, 7) is 7.82. The number of oxime groups is 1. The van der Waals surface area contributed by atoms with Crippen LogP contribution in [-0.4, -0.2) is 29.5 Å². The number of nitrogens with zero attached hydrogens (tertiary/aromatic N) is 2. The second kappa shape index (κ2) is 6.40. The van der Waals surface area contributed by atoms with E-state index in [-0.39, 0.29) is 11.8 Å². The number of hydrogen-bond donors (Lipinski definition) is 2. The number of nitrogens with two attached hydrogens (primary N) is 1. The molecule has 0 saturated heterocycles. The summed E-state index contributed by atoms with van der Waals surface area (Å²) in [7, 11) is 2.04. The summed E-state index contributed by atoms with van der Waals surface area (Å²) >= 11 is 0. The van der Waals surface area contributed by atoms with E-state index in [1.807, 2.05) is 14.0 Å². The van der Waals surface area contributed by atoms with Crippen LogP contribution < -0.4 is 5.73 Å². The van der Waals surface area contributed by atoms with E-state index in [0.717, 1.165) is 13.1 Å². The Morgan fingerprint density at radius 3 is 2.61 bits per heavy atom. The second-order valence-corrected chi connectivity index (χ2v) is 5.04. The van der Waals surface area contributed by atoms with Crippen LogP contribution >= 0.6 is 0 Å². The molecule has 0 radical (unpaired) electrons. The van der Waals surface area contributed by atoms with Crippen LogP contribution in [0.3, 0.4) is 0 Å². The van der Waals surface area contributed by atoms with Crippen molar-refractivity contribution in [3.05, 3.63) is 34.9 Å². The number of aryl methyl sites for hydroxylation is 2. The lowest BCUT2D eigenvalue weighted by Crippen LogP contribution is -2.32. The van der Waals surface area contributed by atoms with Gasteiger partial charge in [0.1, 0.15) is 5.84 Å². The van der Waals surface area contributed by atoms with Crippen molar-refractivity contribution in [1.82, 2.24) is 4.90 Å². The van der Waals surface area contributed by atoms with Crippen molar-refractivity contribution in [2.75, 3.05) is 13.6 Å². The topological polar surface area (TPSA) is 61.8 Å². The fourth-order valence-electron chi connectivity index (χ4n) is 1.94. The highest BCUT2D eigenvalue weighted by atomic mass is 16.4. The van der Waals surface area contributed by atoms with Crippen molar-refractivity contribution in [3.63, 3.8) is 0 Å². The molecule has 1 atom stereocenters. The molecule has 0 aliphatic carbocycles. The Kier molecular flexibility index (Phi) is 5.16. The molecular weight excluding hydrogens is 226 g/mol. The zero-order valence-corrected chi connectivity index (χ0v) is 11.6. The average Bonchev–Trinajstić information content (AvgIpc) is 2.32. The zero-order valence-electron chi connectivity index (χ0n) is 11.6. The monoisotopic (exact) mass is 249 g/mol. The van der Waals surface area contributed by atoms with Crippen molar-refractivity contribution in [2.45, 2.75) is 27.3 Å². The van der Waals surface area contributed by atoms with Gasteiger partial charge in [0.15, 0.2) is 0 Å². The molecule has 1 unspecified atom stereocenters. The highest BCUT2D eigenvalue weighted by Crippen LogP contribution is 2.12. The van der Waals surface area contributed by atoms with Crippen LogP contribution in [0.25, 0.3) is 0 Å². The van der Waals surface area contributed by atoms with Crippen LogP contribution in [0.5, 0.6) is 0 Å². The van der Waals surface area contributed by atoms with Gasteiger partial charge in [-0.3, -0.25) is 0 Å². The average molecular weight is 249 g/mol. The van der Waals surface area contributed by atoms with E-state index in [1.54, 1.807) is 0 Å². The van der Waals surface area contributed by atoms with E-state index in [4.69, 9.17) is 10.9 Å². The quantitative estimate of drug-likeness (QED) is 0.364. The number of benzene rings is 1. The van der Waals surface area contributed by atoms with Crippen molar-refractivity contribution in [3.8, 4) is 0 Å². The van der Waals surface area contributed by atoms with Crippen molar-refractivity contribution in [2.24, 2.45) is 16.8 Å². The maximum Gasteiger partial charge on any atom is 0.143 e. The molecule has 0 bridgehead atoms. The molecule has 100 valence electrons. The SMILES string of the molecule is Cc1ccc(CN(C)CC(C)/C(N)=N/O)cc1C. The first-order chi connectivity index (χ1) is 8.43. The number of rotatable bonds is 5. The van der Waals surface area contributed by atoms with Gasteiger partial charge in [0.05, 0.1) is 0 Å². The minimum Gasteiger partial charge on any atom is -0.409 e. The standard InChI is InChI=1S/C14H23N3O/c1-10-5-6-13(7-11(10)2)9-17(4)8-12(3)14(15)16-18/h5-7,12,18H,8-9H2,1-4H3,(H2,15,16). The Bertz CT molecular complexity index is 429. The van der Waals surface area contributed by atoms with Crippen LogP contribution in [0, 0.1) is 19.8 Å². The summed E-state index contributed by atoms with van der Waals surface area (Å²) in [6.07, 6.45) is 0. The van der Waals surface area contributed by atoms with E-state index >= 15 is 0 Å². The van der Waals surface area contributed by atoms with Gasteiger partial charge in [-0.25, -0.2) is 0 Å². The zero-order chi connectivity index (χ0) is 13.7. The molecule has 0 aliphatic rings. The Morgan fingerprint density at radius 1 is 1.39 bits per heavy atom. The summed E-state index contributed by atoms with van der Waals surface area (Å²) in [5, 5.41) is 11.7. The third kappa shape index (κ3) is 4.04. The molecule has 0 aromatic heterocycles. The summed E-state index contributed by atoms with van der Waals surface area (Å²) in [4.78, 5) is 2.17. The summed E-state index contributed by atoms with van der Waals surface area (Å²) < 4.78 is 0. The van der Waals surface area contributed by atoms with Crippen molar-refractivity contribution < 1.29 is 5.21 Å². The van der Waals surface area contributed by atoms with Gasteiger partial charge >= 0.3 is 0 Å². The fraction of sp³-hybridized carbons (Fsp3) is 0.500. The molecule has 1 aromatic carbocycles. The highest BCUT2D eigenvalue weighted by molar-refractivity contribution is 5.82. The summed E-state index contributed by atoms with van der Waals surface area (Å²) in [6, 6.07) is 6.50. The smallest absolute Gasteiger partial charge is 0.143 e. The molecule has 3 N–H and O–H groups in total. The molecule has 0 aliphatic heterocycles. The van der Waals surface area contributed by atoms with Crippen LogP contribution in [0.4, 0.5) is 0 Å². The van der Waals surface area contributed by atoms with Gasteiger partial charge in [0.25, 0.3) is 0 Å². The van der Waals surface area contributed by atoms with E-state index in [0.29, 0.717) is 0 Å². The fourth-order valence-corrected chi connectivity index (χ4v) is 1.94. The van der Waals surface area contributed by atoms with Gasteiger partial charge in [-0.05, 0) is 37.6 Å². The molecule has 18 heavy (non-hydrogen) atoms. The molecule has 0 fully saturated rings. The molecule has 1 rings (SSSR count). The molecule has 4 nitrogen and oxygen atoms in total. The minimum absolute atomic E-state index is 0.0477. The molecule has 1 aromatic rings. The first-order valence-corrected chi connectivity index (χ1v) is 6.16. The van der Waals surface area contributed by atoms with Crippen LogP contribution in [0.2, 0.25) is 0 Å². The van der Waals surface area contributed by atoms with Gasteiger partial charge in [-0.15, -0.1) is 0 Å². The molecule has 4 heteroatoms. The first-order valence-electron chi connectivity index (χ1n) is 6.16. The van der Waals surface area contributed by atoms with Gasteiger partial charge in [0, 0.05) is 19.0 Å². The highest BCUT2D eigenvalue weighted by Gasteiger charge is 2.11. The van der Waals surface area contributed by atoms with Crippen LogP contribution in [0.15, 0.2) is 23.4 Å². The predicted octanol–water partition coefficient (Wildman–Crippen LogP) is 2.12. The van der Waals surface area contributed by atoms with E-state index in [1.165, 1.54) is 16.7 Å². The maximum absolute atomic E-state index is 8.62. The second-order valence-electron chi connectivity index (χ2n) is 5.04. The molecule has 0 amide bonds. The van der Waals surface area contributed by atoms with E-state index < -0.39 is 0 Å². The third-order valence-corrected chi connectivity index (χ3v) is 3.23. The van der Waals surface area contributed by atoms with Gasteiger partial charge in [0.2, 0.25) is 0 Å². The Hall–Kier alpha value is -1.55. The summed E-state index contributed by atoms with van der Waals surface area (Å²) in [5.74, 6) is 0.327. The van der Waals surface area contributed by atoms with E-state index in [9.17, 15) is 0 Å². The molecule has 0 heterocycles. The van der Waals surface area contributed by atoms with Crippen LogP contribution in [-0.2, 0) is 6.54 Å². The lowest BCUT2D eigenvalue weighted by molar-refractivity contribution is 0.290. The van der Waals surface area contributed by atoms with Crippen LogP contribution in [0.1, 0.15) is 23.6 Å². The third-order valence-electron chi connectivity index (χ3n) is 3.23. The lowest BCUT2D eigenvalue weighted by Gasteiger charge is -2.21. The van der Waals surface area contributed by atoms with Gasteiger partial charge in [-0.1, -0.05) is 30.3 Å². The minimum atomic E-state index is 0.0477. The number of hydrogen-bond acceptors (Lipinski definition) is 3. The summed E-state index contributed by atoms with van der Waals surface area (Å²) in [5.41, 5.74) is 9.48. The van der Waals surface area contributed by atoms with Crippen molar-refractivity contribution in [1.29, 1.82) is 0 Å². The Morgan fingerprint density at radius 2 is 2.06 bits per heavy atom. The molecule has 0 saturated carbocycles. The largest absolute Gasteiger partial charge is 0.409 e. The molecule has 0 spiro atoms. The first kappa shape index (κ1) is 14.5. The lowest BCUT2D eigenvalue weighted by atomic mass is 10.1. The Labute approximate surface area is 109 Å². The predicted molar refractivity (Wildman–Crippen MR) is 74.8 cm³/mol. The number of amidine groups is 1. The normalized spacial score (nSPS) is 13.9. The van der Waals surface area contributed by atoms with Crippen molar-refractivity contribution >= 4 is 5.84 Å². The Balaban J connectivity index is 2.59. The molecular formula is C14H23N3O.